The van der Waals surface area contributed by atoms with Crippen molar-refractivity contribution in [3.63, 3.8) is 0 Å². The van der Waals surface area contributed by atoms with Gasteiger partial charge in [0.1, 0.15) is 6.33 Å². The lowest BCUT2D eigenvalue weighted by atomic mass is 10.1. The number of nitro groups is 1. The Morgan fingerprint density at radius 3 is 2.61 bits per heavy atom. The Kier molecular flexibility index (Phi) is 5.41. The minimum Gasteiger partial charge on any atom is -0.320 e. The predicted octanol–water partition coefficient (Wildman–Crippen LogP) is 3.45. The molecule has 3 aromatic rings. The van der Waals surface area contributed by atoms with E-state index in [0.717, 1.165) is 23.0 Å². The summed E-state index contributed by atoms with van der Waals surface area (Å²) in [5.41, 5.74) is 3.05. The van der Waals surface area contributed by atoms with Crippen LogP contribution in [0.3, 0.4) is 0 Å². The Morgan fingerprint density at radius 2 is 2.00 bits per heavy atom. The molecule has 0 aliphatic heterocycles. The Balaban J connectivity index is 1.90. The van der Waals surface area contributed by atoms with E-state index >= 15 is 0 Å². The smallest absolute Gasteiger partial charge is 0.284 e. The van der Waals surface area contributed by atoms with E-state index in [1.807, 2.05) is 19.9 Å². The third-order valence-electron chi connectivity index (χ3n) is 4.05. The van der Waals surface area contributed by atoms with Gasteiger partial charge in [-0.25, -0.2) is 0 Å². The molecule has 0 fully saturated rings. The van der Waals surface area contributed by atoms with E-state index in [2.05, 4.69) is 20.5 Å². The van der Waals surface area contributed by atoms with Crippen molar-refractivity contribution < 1.29 is 9.72 Å². The Morgan fingerprint density at radius 1 is 1.25 bits per heavy atom. The monoisotopic (exact) mass is 398 g/mol. The maximum absolute atomic E-state index is 12.7. The number of hydrogen-bond donors (Lipinski definition) is 1. The van der Waals surface area contributed by atoms with Crippen molar-refractivity contribution in [2.24, 2.45) is 7.05 Å². The zero-order valence-corrected chi connectivity index (χ0v) is 16.6. The number of pyridine rings is 1. The number of rotatable bonds is 5. The molecule has 2 heterocycles. The summed E-state index contributed by atoms with van der Waals surface area (Å²) in [4.78, 5) is 28.4. The van der Waals surface area contributed by atoms with Gasteiger partial charge in [0, 0.05) is 24.4 Å². The first-order valence-electron chi connectivity index (χ1n) is 8.32. The summed E-state index contributed by atoms with van der Waals surface area (Å²) in [6.45, 7) is 5.56. The van der Waals surface area contributed by atoms with Crippen molar-refractivity contribution in [2.45, 2.75) is 30.8 Å². The van der Waals surface area contributed by atoms with Crippen LogP contribution < -0.4 is 5.32 Å². The molecule has 2 aromatic heterocycles. The van der Waals surface area contributed by atoms with Gasteiger partial charge in [-0.3, -0.25) is 19.9 Å². The van der Waals surface area contributed by atoms with Gasteiger partial charge in [0.05, 0.1) is 21.2 Å². The van der Waals surface area contributed by atoms with Crippen LogP contribution in [0.4, 0.5) is 11.4 Å². The molecule has 0 radical (unpaired) electrons. The Labute approximate surface area is 165 Å². The molecular weight excluding hydrogens is 380 g/mol. The van der Waals surface area contributed by atoms with E-state index in [9.17, 15) is 14.9 Å². The molecule has 1 N–H and O–H groups in total. The zero-order chi connectivity index (χ0) is 20.4. The first-order chi connectivity index (χ1) is 13.3. The van der Waals surface area contributed by atoms with Crippen LogP contribution in [0, 0.1) is 30.9 Å². The molecule has 9 nitrogen and oxygen atoms in total. The van der Waals surface area contributed by atoms with Gasteiger partial charge >= 0.3 is 0 Å². The van der Waals surface area contributed by atoms with Gasteiger partial charge < -0.3 is 9.88 Å². The summed E-state index contributed by atoms with van der Waals surface area (Å²) >= 11 is 1.11. The number of nitro benzene ring substituents is 1. The minimum absolute atomic E-state index is 0.170. The molecule has 0 unspecified atom stereocenters. The summed E-state index contributed by atoms with van der Waals surface area (Å²) in [5.74, 6) is -0.435. The van der Waals surface area contributed by atoms with Crippen molar-refractivity contribution in [3.05, 3.63) is 63.2 Å². The third-order valence-corrected chi connectivity index (χ3v) is 5.17. The van der Waals surface area contributed by atoms with Crippen LogP contribution in [0.5, 0.6) is 0 Å². The van der Waals surface area contributed by atoms with Gasteiger partial charge in [0.25, 0.3) is 11.6 Å². The lowest BCUT2D eigenvalue weighted by Crippen LogP contribution is -2.15. The number of hydrogen-bond acceptors (Lipinski definition) is 7. The number of nitrogens with one attached hydrogen (secondary N) is 1. The van der Waals surface area contributed by atoms with Gasteiger partial charge in [0.15, 0.2) is 5.16 Å². The fourth-order valence-corrected chi connectivity index (χ4v) is 3.60. The van der Waals surface area contributed by atoms with Gasteiger partial charge in [0.2, 0.25) is 0 Å². The van der Waals surface area contributed by atoms with E-state index in [1.165, 1.54) is 12.4 Å². The number of anilines is 1. The molecule has 28 heavy (non-hydrogen) atoms. The largest absolute Gasteiger partial charge is 0.320 e. The molecule has 0 spiro atoms. The Hall–Kier alpha value is -3.27. The molecule has 1 aromatic carbocycles. The van der Waals surface area contributed by atoms with Gasteiger partial charge in [-0.05, 0) is 56.3 Å². The average molecular weight is 398 g/mol. The van der Waals surface area contributed by atoms with Crippen LogP contribution in [0.2, 0.25) is 0 Å². The van der Waals surface area contributed by atoms with Crippen molar-refractivity contribution in [2.75, 3.05) is 5.32 Å². The molecule has 10 heteroatoms. The summed E-state index contributed by atoms with van der Waals surface area (Å²) < 4.78 is 1.66. The van der Waals surface area contributed by atoms with Crippen molar-refractivity contribution in [1.29, 1.82) is 0 Å². The number of amides is 1. The normalized spacial score (nSPS) is 10.7. The summed E-state index contributed by atoms with van der Waals surface area (Å²) in [5, 5.41) is 22.5. The van der Waals surface area contributed by atoms with Crippen LogP contribution >= 0.6 is 11.8 Å². The van der Waals surface area contributed by atoms with Gasteiger partial charge in [-0.1, -0.05) is 0 Å². The first-order valence-corrected chi connectivity index (χ1v) is 9.14. The SMILES string of the molecule is Cc1cc(C)c(NC(=O)c2ccc(Sc3nncn3C)c([N+](=O)[O-])c2)c(C)n1. The number of benzene rings is 1. The van der Waals surface area contributed by atoms with Crippen LogP contribution in [0.15, 0.2) is 40.6 Å². The van der Waals surface area contributed by atoms with Crippen LogP contribution in [-0.4, -0.2) is 30.6 Å². The van der Waals surface area contributed by atoms with Gasteiger partial charge in [-0.2, -0.15) is 0 Å². The summed E-state index contributed by atoms with van der Waals surface area (Å²) in [6, 6.07) is 6.22. The zero-order valence-electron chi connectivity index (χ0n) is 15.8. The molecule has 0 saturated carbocycles. The highest BCUT2D eigenvalue weighted by molar-refractivity contribution is 7.99. The number of carbonyl (C=O) groups excluding carboxylic acids is 1. The van der Waals surface area contributed by atoms with Crippen molar-refractivity contribution >= 4 is 29.0 Å². The quantitative estimate of drug-likeness (QED) is 0.517. The second-order valence-corrected chi connectivity index (χ2v) is 7.27. The third kappa shape index (κ3) is 4.01. The molecule has 0 atom stereocenters. The molecule has 0 bridgehead atoms. The number of aryl methyl sites for hydroxylation is 4. The number of nitrogens with zero attached hydrogens (tertiary/aromatic N) is 5. The number of aromatic nitrogens is 4. The molecule has 144 valence electrons. The van der Waals surface area contributed by atoms with Crippen LogP contribution in [-0.2, 0) is 7.05 Å². The van der Waals surface area contributed by atoms with Gasteiger partial charge in [-0.15, -0.1) is 10.2 Å². The minimum atomic E-state index is -0.514. The average Bonchev–Trinajstić information content (AvgIpc) is 3.02. The number of carbonyl (C=O) groups is 1. The second kappa shape index (κ2) is 7.77. The predicted molar refractivity (Wildman–Crippen MR) is 105 cm³/mol. The molecule has 0 aliphatic carbocycles. The van der Waals surface area contributed by atoms with E-state index in [4.69, 9.17) is 0 Å². The molecule has 0 aliphatic rings. The fourth-order valence-electron chi connectivity index (χ4n) is 2.75. The lowest BCUT2D eigenvalue weighted by Gasteiger charge is -2.12. The van der Waals surface area contributed by atoms with E-state index in [-0.39, 0.29) is 11.3 Å². The van der Waals surface area contributed by atoms with E-state index in [1.54, 1.807) is 30.7 Å². The highest BCUT2D eigenvalue weighted by Crippen LogP contribution is 2.34. The van der Waals surface area contributed by atoms with Crippen LogP contribution in [0.1, 0.15) is 27.3 Å². The topological polar surface area (TPSA) is 116 Å². The first kappa shape index (κ1) is 19.5. The maximum atomic E-state index is 12.7. The fraction of sp³-hybridized carbons (Fsp3) is 0.222. The lowest BCUT2D eigenvalue weighted by molar-refractivity contribution is -0.387. The second-order valence-electron chi connectivity index (χ2n) is 6.26. The molecular formula is C18H18N6O3S. The highest BCUT2D eigenvalue weighted by Gasteiger charge is 2.21. The highest BCUT2D eigenvalue weighted by atomic mass is 32.2. The standard InChI is InChI=1S/C18H18N6O3S/c1-10-7-11(2)20-12(3)16(10)21-17(25)13-5-6-15(14(8-13)24(26)27)28-18-22-19-9-23(18)4/h5-9H,1-4H3,(H,21,25). The van der Waals surface area contributed by atoms with E-state index in [0.29, 0.717) is 21.4 Å². The van der Waals surface area contributed by atoms with E-state index < -0.39 is 10.8 Å². The molecule has 1 amide bonds. The Bertz CT molecular complexity index is 1060. The molecule has 3 rings (SSSR count). The summed E-state index contributed by atoms with van der Waals surface area (Å²) in [7, 11) is 1.75. The van der Waals surface area contributed by atoms with Crippen molar-refractivity contribution in [3.8, 4) is 0 Å². The maximum Gasteiger partial charge on any atom is 0.284 e. The summed E-state index contributed by atoms with van der Waals surface area (Å²) in [6.07, 6.45) is 1.51. The van der Waals surface area contributed by atoms with Crippen molar-refractivity contribution in [1.82, 2.24) is 19.7 Å². The molecule has 0 saturated heterocycles. The van der Waals surface area contributed by atoms with Crippen LogP contribution in [0.25, 0.3) is 0 Å².